The Morgan fingerprint density at radius 2 is 2.00 bits per heavy atom. The molecule has 1 aromatic carbocycles. The van der Waals surface area contributed by atoms with E-state index >= 15 is 0 Å². The molecule has 0 saturated carbocycles. The van der Waals surface area contributed by atoms with Gasteiger partial charge < -0.3 is 5.32 Å². The molecule has 1 saturated heterocycles. The average Bonchev–Trinajstić information content (AvgIpc) is 3.29. The first-order chi connectivity index (χ1) is 13.4. The number of aromatic nitrogens is 2. The molecule has 2 aliphatic rings. The van der Waals surface area contributed by atoms with E-state index in [1.54, 1.807) is 0 Å². The number of benzene rings is 1. The second kappa shape index (κ2) is 7.70. The molecule has 0 spiro atoms. The van der Waals surface area contributed by atoms with E-state index < -0.39 is 0 Å². The van der Waals surface area contributed by atoms with Gasteiger partial charge in [-0.25, -0.2) is 0 Å². The van der Waals surface area contributed by atoms with E-state index in [0.717, 1.165) is 38.8 Å². The van der Waals surface area contributed by atoms with Gasteiger partial charge in [0.2, 0.25) is 5.91 Å². The molecular formula is C23H32N4O. The first-order valence-electron chi connectivity index (χ1n) is 10.6. The third-order valence-electron chi connectivity index (χ3n) is 6.06. The predicted octanol–water partition coefficient (Wildman–Crippen LogP) is 3.62. The Hall–Kier alpha value is -2.14. The number of hydrogen-bond donors (Lipinski definition) is 1. The van der Waals surface area contributed by atoms with Gasteiger partial charge in [0, 0.05) is 17.8 Å². The number of amides is 1. The van der Waals surface area contributed by atoms with Crippen LogP contribution in [-0.4, -0.2) is 40.2 Å². The van der Waals surface area contributed by atoms with Crippen LogP contribution in [0.1, 0.15) is 68.8 Å². The molecule has 1 fully saturated rings. The van der Waals surface area contributed by atoms with Gasteiger partial charge >= 0.3 is 0 Å². The Morgan fingerprint density at radius 3 is 2.75 bits per heavy atom. The van der Waals surface area contributed by atoms with Gasteiger partial charge in [0.15, 0.2) is 0 Å². The molecule has 0 unspecified atom stereocenters. The van der Waals surface area contributed by atoms with Gasteiger partial charge in [-0.05, 0) is 64.5 Å². The Balaban J connectivity index is 1.36. The summed E-state index contributed by atoms with van der Waals surface area (Å²) in [5.74, 6) is 0.676. The Kier molecular flexibility index (Phi) is 5.28. The molecule has 1 aliphatic heterocycles. The van der Waals surface area contributed by atoms with Crippen molar-refractivity contribution in [2.24, 2.45) is 0 Å². The maximum atomic E-state index is 12.7. The van der Waals surface area contributed by atoms with Gasteiger partial charge in [-0.15, -0.1) is 0 Å². The quantitative estimate of drug-likeness (QED) is 0.881. The third kappa shape index (κ3) is 4.00. The van der Waals surface area contributed by atoms with Crippen molar-refractivity contribution in [2.45, 2.75) is 64.0 Å². The molecule has 4 rings (SSSR count). The number of nitrogens with one attached hydrogen (secondary N) is 1. The lowest BCUT2D eigenvalue weighted by atomic mass is 9.92. The van der Waals surface area contributed by atoms with E-state index in [0.29, 0.717) is 12.5 Å². The van der Waals surface area contributed by atoms with E-state index in [1.807, 2.05) is 6.20 Å². The van der Waals surface area contributed by atoms with Crippen molar-refractivity contribution < 1.29 is 4.79 Å². The van der Waals surface area contributed by atoms with Crippen molar-refractivity contribution >= 4 is 5.91 Å². The van der Waals surface area contributed by atoms with E-state index in [4.69, 9.17) is 0 Å². The highest BCUT2D eigenvalue weighted by atomic mass is 16.2. The topological polar surface area (TPSA) is 50.2 Å². The van der Waals surface area contributed by atoms with Crippen LogP contribution in [0, 0.1) is 0 Å². The lowest BCUT2D eigenvalue weighted by molar-refractivity contribution is -0.122. The number of fused-ring (bicyclic) bond motifs is 1. The summed E-state index contributed by atoms with van der Waals surface area (Å²) in [6, 6.07) is 10.8. The summed E-state index contributed by atoms with van der Waals surface area (Å²) in [6.07, 6.45) is 6.24. The molecular weight excluding hydrogens is 348 g/mol. The number of hydrogen-bond acceptors (Lipinski definition) is 3. The number of likely N-dealkylation sites (tertiary alicyclic amines) is 1. The maximum Gasteiger partial charge on any atom is 0.234 e. The summed E-state index contributed by atoms with van der Waals surface area (Å²) >= 11 is 0. The first kappa shape index (κ1) is 19.2. The predicted molar refractivity (Wildman–Crippen MR) is 111 cm³/mol. The molecule has 28 heavy (non-hydrogen) atoms. The molecule has 1 aliphatic carbocycles. The van der Waals surface area contributed by atoms with Crippen LogP contribution in [0.25, 0.3) is 0 Å². The van der Waals surface area contributed by atoms with Crippen LogP contribution in [-0.2, 0) is 16.8 Å². The summed E-state index contributed by atoms with van der Waals surface area (Å²) in [4.78, 5) is 15.0. The van der Waals surface area contributed by atoms with Gasteiger partial charge in [0.25, 0.3) is 0 Å². The zero-order chi connectivity index (χ0) is 19.7. The SMILES string of the molecule is CC(C)(C)n1ncc2c1CCC[C@@H]2NC(=O)CN1CC[C@H](c2ccccc2)C1. The first-order valence-corrected chi connectivity index (χ1v) is 10.6. The van der Waals surface area contributed by atoms with Crippen molar-refractivity contribution in [3.05, 3.63) is 53.3 Å². The Morgan fingerprint density at radius 1 is 1.21 bits per heavy atom. The fourth-order valence-electron chi connectivity index (χ4n) is 4.70. The van der Waals surface area contributed by atoms with Crippen molar-refractivity contribution in [3.63, 3.8) is 0 Å². The number of carbonyl (C=O) groups excluding carboxylic acids is 1. The van der Waals surface area contributed by atoms with E-state index in [-0.39, 0.29) is 17.5 Å². The van der Waals surface area contributed by atoms with Gasteiger partial charge in [0.05, 0.1) is 24.3 Å². The standard InChI is InChI=1S/C23H32N4O/c1-23(2,3)27-21-11-7-10-20(19(21)14-24-27)25-22(28)16-26-13-12-18(15-26)17-8-5-4-6-9-17/h4-6,8-9,14,18,20H,7,10-13,15-16H2,1-3H3,(H,25,28)/t18-,20-/m0/s1. The fraction of sp³-hybridized carbons (Fsp3) is 0.565. The third-order valence-corrected chi connectivity index (χ3v) is 6.06. The summed E-state index contributed by atoms with van der Waals surface area (Å²) in [7, 11) is 0. The van der Waals surface area contributed by atoms with Crippen LogP contribution < -0.4 is 5.32 Å². The van der Waals surface area contributed by atoms with E-state index in [1.165, 1.54) is 16.8 Å². The molecule has 0 bridgehead atoms. The molecule has 2 heterocycles. The zero-order valence-corrected chi connectivity index (χ0v) is 17.3. The second-order valence-corrected chi connectivity index (χ2v) is 9.27. The molecule has 1 N–H and O–H groups in total. The lowest BCUT2D eigenvalue weighted by Crippen LogP contribution is -2.39. The molecule has 1 amide bonds. The van der Waals surface area contributed by atoms with Crippen molar-refractivity contribution in [1.29, 1.82) is 0 Å². The second-order valence-electron chi connectivity index (χ2n) is 9.27. The van der Waals surface area contributed by atoms with Crippen LogP contribution in [0.2, 0.25) is 0 Å². The molecule has 0 radical (unpaired) electrons. The highest BCUT2D eigenvalue weighted by molar-refractivity contribution is 5.78. The van der Waals surface area contributed by atoms with Gasteiger partial charge in [0.1, 0.15) is 0 Å². The monoisotopic (exact) mass is 380 g/mol. The summed E-state index contributed by atoms with van der Waals surface area (Å²) in [5.41, 5.74) is 3.85. The molecule has 2 aromatic rings. The van der Waals surface area contributed by atoms with Crippen molar-refractivity contribution in [3.8, 4) is 0 Å². The number of nitrogens with zero attached hydrogens (tertiary/aromatic N) is 3. The van der Waals surface area contributed by atoms with Crippen LogP contribution in [0.5, 0.6) is 0 Å². The maximum absolute atomic E-state index is 12.7. The lowest BCUT2D eigenvalue weighted by Gasteiger charge is -2.28. The van der Waals surface area contributed by atoms with E-state index in [2.05, 4.69) is 71.1 Å². The Bertz CT molecular complexity index is 821. The molecule has 150 valence electrons. The minimum atomic E-state index is -0.0263. The van der Waals surface area contributed by atoms with Crippen LogP contribution in [0.15, 0.2) is 36.5 Å². The minimum absolute atomic E-state index is 0.0263. The zero-order valence-electron chi connectivity index (χ0n) is 17.3. The summed E-state index contributed by atoms with van der Waals surface area (Å²) in [5, 5.41) is 7.92. The van der Waals surface area contributed by atoms with E-state index in [9.17, 15) is 4.79 Å². The molecule has 5 heteroatoms. The van der Waals surface area contributed by atoms with Crippen LogP contribution in [0.3, 0.4) is 0 Å². The van der Waals surface area contributed by atoms with Crippen molar-refractivity contribution in [2.75, 3.05) is 19.6 Å². The normalized spacial score (nSPS) is 22.8. The molecule has 1 aromatic heterocycles. The molecule has 5 nitrogen and oxygen atoms in total. The largest absolute Gasteiger partial charge is 0.348 e. The smallest absolute Gasteiger partial charge is 0.234 e. The summed E-state index contributed by atoms with van der Waals surface area (Å²) < 4.78 is 2.13. The van der Waals surface area contributed by atoms with Gasteiger partial charge in [-0.3, -0.25) is 14.4 Å². The summed E-state index contributed by atoms with van der Waals surface area (Å²) in [6.45, 7) is 8.99. The number of rotatable bonds is 4. The van der Waals surface area contributed by atoms with Gasteiger partial charge in [-0.1, -0.05) is 30.3 Å². The molecule has 2 atom stereocenters. The highest BCUT2D eigenvalue weighted by Gasteiger charge is 2.30. The highest BCUT2D eigenvalue weighted by Crippen LogP contribution is 2.32. The average molecular weight is 381 g/mol. The van der Waals surface area contributed by atoms with Crippen molar-refractivity contribution in [1.82, 2.24) is 20.0 Å². The number of carbonyl (C=O) groups is 1. The Labute approximate surface area is 168 Å². The van der Waals surface area contributed by atoms with Gasteiger partial charge in [-0.2, -0.15) is 5.10 Å². The fourth-order valence-corrected chi connectivity index (χ4v) is 4.70. The van der Waals surface area contributed by atoms with Crippen LogP contribution in [0.4, 0.5) is 0 Å². The van der Waals surface area contributed by atoms with Crippen LogP contribution >= 0.6 is 0 Å². The minimum Gasteiger partial charge on any atom is -0.348 e.